The van der Waals surface area contributed by atoms with Crippen molar-refractivity contribution in [2.45, 2.75) is 115 Å². The lowest BCUT2D eigenvalue weighted by atomic mass is 9.44. The second kappa shape index (κ2) is 7.70. The van der Waals surface area contributed by atoms with E-state index in [0.29, 0.717) is 53.1 Å². The molecular formula is C29H43BrO5. The summed E-state index contributed by atoms with van der Waals surface area (Å²) in [7, 11) is 0. The van der Waals surface area contributed by atoms with Crippen molar-refractivity contribution in [2.24, 2.45) is 52.3 Å². The molecule has 7 fully saturated rings. The van der Waals surface area contributed by atoms with E-state index in [1.54, 1.807) is 6.92 Å². The Bertz CT molecular complexity index is 912. The average Bonchev–Trinajstić information content (AvgIpc) is 3.46. The molecule has 0 amide bonds. The van der Waals surface area contributed by atoms with Crippen molar-refractivity contribution in [3.8, 4) is 0 Å². The topological polar surface area (TPSA) is 57.3 Å². The minimum Gasteiger partial charge on any atom is -0.463 e. The van der Waals surface area contributed by atoms with Crippen LogP contribution in [0, 0.1) is 52.3 Å². The molecule has 0 aromatic carbocycles. The van der Waals surface area contributed by atoms with Crippen molar-refractivity contribution in [2.75, 3.05) is 6.61 Å². The van der Waals surface area contributed by atoms with Gasteiger partial charge in [0.1, 0.15) is 6.10 Å². The molecule has 0 radical (unpaired) electrons. The van der Waals surface area contributed by atoms with Crippen molar-refractivity contribution in [1.29, 1.82) is 0 Å². The number of carbonyl (C=O) groups is 1. The number of rotatable bonds is 1. The van der Waals surface area contributed by atoms with Gasteiger partial charge in [0, 0.05) is 24.2 Å². The first-order valence-electron chi connectivity index (χ1n) is 14.4. The molecule has 0 bridgehead atoms. The lowest BCUT2D eigenvalue weighted by molar-refractivity contribution is -0.267. The highest BCUT2D eigenvalue weighted by Gasteiger charge is 2.78. The predicted molar refractivity (Wildman–Crippen MR) is 135 cm³/mol. The Morgan fingerprint density at radius 2 is 1.86 bits per heavy atom. The second-order valence-corrected chi connectivity index (χ2v) is 15.1. The van der Waals surface area contributed by atoms with Crippen LogP contribution in [0.3, 0.4) is 0 Å². The molecule has 4 aliphatic carbocycles. The van der Waals surface area contributed by atoms with Gasteiger partial charge in [-0.3, -0.25) is 4.79 Å². The number of fused-ring (bicyclic) bond motifs is 10. The van der Waals surface area contributed by atoms with Gasteiger partial charge in [0.05, 0.1) is 29.7 Å². The lowest BCUT2D eigenvalue weighted by Crippen LogP contribution is -2.59. The van der Waals surface area contributed by atoms with E-state index in [-0.39, 0.29) is 28.4 Å². The SMILES string of the molecule is CC(=O)O[C@@H]1CC[C@@]2(C)[C@@H](CC[C@H]3[C@@H]2[C@H]2O[C@@H]2[C@@]2(C)[C@@H]4[C@H](C[C@@H]32)O[C@@]2(OC[C@H](C)C[C@@H]2Br)[C@H]4C)C1. The van der Waals surface area contributed by atoms with E-state index in [1.807, 2.05) is 0 Å². The molecule has 4 saturated carbocycles. The fourth-order valence-electron chi connectivity index (χ4n) is 11.0. The van der Waals surface area contributed by atoms with Crippen molar-refractivity contribution >= 4 is 21.9 Å². The summed E-state index contributed by atoms with van der Waals surface area (Å²) in [6.45, 7) is 12.1. The molecule has 3 aliphatic heterocycles. The second-order valence-electron chi connectivity index (χ2n) is 14.0. The summed E-state index contributed by atoms with van der Waals surface area (Å²) < 4.78 is 26.0. The Kier molecular flexibility index (Phi) is 5.26. The Hall–Kier alpha value is -0.170. The van der Waals surface area contributed by atoms with Gasteiger partial charge in [-0.15, -0.1) is 0 Å². The minimum absolute atomic E-state index is 0.110. The zero-order chi connectivity index (χ0) is 24.5. The van der Waals surface area contributed by atoms with Crippen LogP contribution in [0.15, 0.2) is 0 Å². The molecule has 7 rings (SSSR count). The Balaban J connectivity index is 1.16. The maximum absolute atomic E-state index is 11.6. The first-order chi connectivity index (χ1) is 16.6. The van der Waals surface area contributed by atoms with Crippen LogP contribution in [0.4, 0.5) is 0 Å². The lowest BCUT2D eigenvalue weighted by Gasteiger charge is -2.59. The van der Waals surface area contributed by atoms with Gasteiger partial charge in [-0.25, -0.2) is 0 Å². The molecule has 3 heterocycles. The molecule has 35 heavy (non-hydrogen) atoms. The van der Waals surface area contributed by atoms with E-state index in [2.05, 4.69) is 43.6 Å². The number of epoxide rings is 1. The molecule has 15 atom stereocenters. The van der Waals surface area contributed by atoms with Crippen LogP contribution in [0.5, 0.6) is 0 Å². The molecule has 196 valence electrons. The van der Waals surface area contributed by atoms with Gasteiger partial charge >= 0.3 is 5.97 Å². The third-order valence-electron chi connectivity index (χ3n) is 12.5. The van der Waals surface area contributed by atoms with Gasteiger partial charge in [-0.2, -0.15) is 0 Å². The summed E-state index contributed by atoms with van der Waals surface area (Å²) in [5.41, 5.74) is 0.478. The highest BCUT2D eigenvalue weighted by molar-refractivity contribution is 9.09. The summed E-state index contributed by atoms with van der Waals surface area (Å²) in [6.07, 6.45) is 9.19. The quantitative estimate of drug-likeness (QED) is 0.237. The van der Waals surface area contributed by atoms with Gasteiger partial charge in [0.2, 0.25) is 0 Å². The van der Waals surface area contributed by atoms with Crippen molar-refractivity contribution in [3.63, 3.8) is 0 Å². The zero-order valence-corrected chi connectivity index (χ0v) is 23.6. The fourth-order valence-corrected chi connectivity index (χ4v) is 12.3. The molecule has 1 spiro atoms. The van der Waals surface area contributed by atoms with E-state index in [4.69, 9.17) is 18.9 Å². The summed E-state index contributed by atoms with van der Waals surface area (Å²) in [5.74, 6) is 3.51. The number of halogens is 1. The van der Waals surface area contributed by atoms with E-state index < -0.39 is 5.79 Å². The first-order valence-corrected chi connectivity index (χ1v) is 15.3. The highest BCUT2D eigenvalue weighted by Crippen LogP contribution is 2.75. The zero-order valence-electron chi connectivity index (χ0n) is 22.0. The molecule has 0 unspecified atom stereocenters. The monoisotopic (exact) mass is 550 g/mol. The minimum atomic E-state index is -0.476. The summed E-state index contributed by atoms with van der Waals surface area (Å²) >= 11 is 4.00. The van der Waals surface area contributed by atoms with Crippen LogP contribution < -0.4 is 0 Å². The first kappa shape index (κ1) is 23.9. The molecule has 5 nitrogen and oxygen atoms in total. The Labute approximate surface area is 218 Å². The van der Waals surface area contributed by atoms with Gasteiger partial charge < -0.3 is 18.9 Å². The van der Waals surface area contributed by atoms with Gasteiger partial charge in [-0.05, 0) is 80.0 Å². The van der Waals surface area contributed by atoms with Crippen LogP contribution >= 0.6 is 15.9 Å². The van der Waals surface area contributed by atoms with E-state index >= 15 is 0 Å². The maximum atomic E-state index is 11.6. The summed E-state index contributed by atoms with van der Waals surface area (Å²) in [4.78, 5) is 11.9. The predicted octanol–water partition coefficient (Wildman–Crippen LogP) is 5.73. The highest BCUT2D eigenvalue weighted by atomic mass is 79.9. The number of esters is 1. The number of ether oxygens (including phenoxy) is 4. The molecule has 0 aromatic rings. The van der Waals surface area contributed by atoms with Gasteiger partial charge in [0.25, 0.3) is 0 Å². The van der Waals surface area contributed by atoms with Crippen LogP contribution in [0.1, 0.15) is 79.6 Å². The van der Waals surface area contributed by atoms with E-state index in [9.17, 15) is 4.79 Å². The van der Waals surface area contributed by atoms with Gasteiger partial charge in [-0.1, -0.05) is 43.6 Å². The normalized spacial score (nSPS) is 62.3. The molecule has 0 aromatic heterocycles. The number of carbonyl (C=O) groups excluding carboxylic acids is 1. The summed E-state index contributed by atoms with van der Waals surface area (Å²) in [5, 5.41) is 0. The van der Waals surface area contributed by atoms with E-state index in [0.717, 1.165) is 44.6 Å². The van der Waals surface area contributed by atoms with Crippen molar-refractivity contribution in [3.05, 3.63) is 0 Å². The van der Waals surface area contributed by atoms with Crippen LogP contribution in [-0.2, 0) is 23.7 Å². The van der Waals surface area contributed by atoms with Gasteiger partial charge in [0.15, 0.2) is 5.79 Å². The third-order valence-corrected chi connectivity index (χ3v) is 13.5. The van der Waals surface area contributed by atoms with Crippen LogP contribution in [0.2, 0.25) is 0 Å². The molecule has 7 aliphatic rings. The maximum Gasteiger partial charge on any atom is 0.302 e. The number of alkyl halides is 1. The smallest absolute Gasteiger partial charge is 0.302 e. The van der Waals surface area contributed by atoms with Crippen molar-refractivity contribution in [1.82, 2.24) is 0 Å². The fraction of sp³-hybridized carbons (Fsp3) is 0.966. The number of hydrogen-bond donors (Lipinski definition) is 0. The molecular weight excluding hydrogens is 508 g/mol. The number of hydrogen-bond acceptors (Lipinski definition) is 5. The molecule has 6 heteroatoms. The molecule has 3 saturated heterocycles. The van der Waals surface area contributed by atoms with Crippen LogP contribution in [-0.4, -0.2) is 47.6 Å². The standard InChI is InChI=1S/C29H43BrO5/c1-14-10-22(30)29(32-13-14)15(2)23-21(35-29)12-20-19-7-6-17-11-18(33-16(3)31)8-9-27(17,4)24(19)25-26(34-25)28(20,23)5/h14-15,17-26H,6-13H2,1-5H3/t14-,15+,17+,18-,19-,20+,21+,22+,23+,24-,25-,26+,27+,28-,29+/m1/s1. The van der Waals surface area contributed by atoms with Crippen LogP contribution in [0.25, 0.3) is 0 Å². The Morgan fingerprint density at radius 3 is 2.60 bits per heavy atom. The van der Waals surface area contributed by atoms with Crippen molar-refractivity contribution < 1.29 is 23.7 Å². The summed E-state index contributed by atoms with van der Waals surface area (Å²) in [6, 6.07) is 0. The third kappa shape index (κ3) is 3.06. The average molecular weight is 552 g/mol. The van der Waals surface area contributed by atoms with E-state index in [1.165, 1.54) is 12.8 Å². The molecule has 0 N–H and O–H groups in total. The Morgan fingerprint density at radius 1 is 1.06 bits per heavy atom. The largest absolute Gasteiger partial charge is 0.463 e.